The molecule has 0 spiro atoms. The van der Waals surface area contributed by atoms with Gasteiger partial charge < -0.3 is 9.73 Å². The van der Waals surface area contributed by atoms with Crippen LogP contribution in [0.4, 0.5) is 0 Å². The summed E-state index contributed by atoms with van der Waals surface area (Å²) in [7, 11) is 1.92. The molecule has 92 valence electrons. The van der Waals surface area contributed by atoms with Gasteiger partial charge in [-0.3, -0.25) is 0 Å². The second-order valence-electron chi connectivity index (χ2n) is 5.41. The maximum absolute atomic E-state index is 5.59. The normalized spacial score (nSPS) is 14.1. The molecule has 0 aliphatic rings. The number of hydrogen-bond acceptors (Lipinski definition) is 4. The number of aromatic nitrogens is 2. The molecule has 1 aromatic heterocycles. The third-order valence-electron chi connectivity index (χ3n) is 3.06. The molecule has 0 bridgehead atoms. The van der Waals surface area contributed by atoms with Crippen LogP contribution < -0.4 is 5.32 Å². The van der Waals surface area contributed by atoms with Crippen molar-refractivity contribution in [2.75, 3.05) is 13.6 Å². The van der Waals surface area contributed by atoms with Crippen molar-refractivity contribution in [2.45, 2.75) is 40.5 Å². The van der Waals surface area contributed by atoms with E-state index >= 15 is 0 Å². The predicted octanol–water partition coefficient (Wildman–Crippen LogP) is 2.06. The van der Waals surface area contributed by atoms with Crippen LogP contribution in [0.5, 0.6) is 0 Å². The lowest BCUT2D eigenvalue weighted by Gasteiger charge is -2.25. The average Bonchev–Trinajstić information content (AvgIpc) is 2.61. The number of nitrogens with one attached hydrogen (secondary N) is 1. The van der Waals surface area contributed by atoms with Crippen molar-refractivity contribution in [1.82, 2.24) is 15.5 Å². The van der Waals surface area contributed by atoms with Crippen LogP contribution in [0.15, 0.2) is 4.42 Å². The molecule has 1 heterocycles. The lowest BCUT2D eigenvalue weighted by atomic mass is 9.80. The Morgan fingerprint density at radius 2 is 1.88 bits per heavy atom. The predicted molar refractivity (Wildman–Crippen MR) is 64.3 cm³/mol. The zero-order valence-corrected chi connectivity index (χ0v) is 11.0. The van der Waals surface area contributed by atoms with Crippen molar-refractivity contribution in [3.05, 3.63) is 11.8 Å². The highest BCUT2D eigenvalue weighted by atomic mass is 16.4. The fourth-order valence-electron chi connectivity index (χ4n) is 1.27. The summed E-state index contributed by atoms with van der Waals surface area (Å²) in [5.74, 6) is 2.02. The minimum absolute atomic E-state index is 0.277. The fourth-order valence-corrected chi connectivity index (χ4v) is 1.27. The van der Waals surface area contributed by atoms with E-state index in [1.54, 1.807) is 0 Å². The molecular formula is C12H23N3O. The first-order valence-electron chi connectivity index (χ1n) is 5.89. The highest BCUT2D eigenvalue weighted by Gasteiger charge is 2.22. The lowest BCUT2D eigenvalue weighted by molar-refractivity contribution is 0.243. The molecule has 1 atom stereocenters. The first-order chi connectivity index (χ1) is 7.43. The van der Waals surface area contributed by atoms with E-state index in [1.807, 2.05) is 7.05 Å². The Kier molecular flexibility index (Phi) is 4.47. The Bertz CT molecular complexity index is 314. The van der Waals surface area contributed by atoms with Crippen molar-refractivity contribution < 1.29 is 4.42 Å². The van der Waals surface area contributed by atoms with E-state index in [0.717, 1.165) is 31.2 Å². The molecular weight excluding hydrogens is 202 g/mol. The molecule has 1 unspecified atom stereocenters. The monoisotopic (exact) mass is 225 g/mol. The summed E-state index contributed by atoms with van der Waals surface area (Å²) in [6.45, 7) is 9.79. The van der Waals surface area contributed by atoms with Crippen LogP contribution >= 0.6 is 0 Å². The minimum Gasteiger partial charge on any atom is -0.425 e. The Hall–Kier alpha value is -0.900. The summed E-state index contributed by atoms with van der Waals surface area (Å²) in [6, 6.07) is 0. The van der Waals surface area contributed by atoms with Crippen molar-refractivity contribution in [2.24, 2.45) is 11.3 Å². The van der Waals surface area contributed by atoms with E-state index in [2.05, 4.69) is 43.2 Å². The van der Waals surface area contributed by atoms with Gasteiger partial charge in [-0.1, -0.05) is 27.7 Å². The molecule has 0 aliphatic carbocycles. The van der Waals surface area contributed by atoms with Crippen LogP contribution in [0.1, 0.15) is 39.5 Å². The van der Waals surface area contributed by atoms with Gasteiger partial charge in [-0.05, 0) is 18.4 Å². The number of likely N-dealkylation sites (N-methyl/N-ethyl adjacent to an activating group) is 1. The van der Waals surface area contributed by atoms with E-state index in [9.17, 15) is 0 Å². The topological polar surface area (TPSA) is 51.0 Å². The molecule has 0 aliphatic heterocycles. The van der Waals surface area contributed by atoms with Crippen LogP contribution in [0.2, 0.25) is 0 Å². The van der Waals surface area contributed by atoms with Gasteiger partial charge in [0, 0.05) is 19.4 Å². The maximum Gasteiger partial charge on any atom is 0.217 e. The Morgan fingerprint density at radius 3 is 2.44 bits per heavy atom. The molecule has 0 radical (unpaired) electrons. The SMILES string of the molecule is CNCCc1nnc(CC(C)C(C)(C)C)o1. The van der Waals surface area contributed by atoms with E-state index in [1.165, 1.54) is 0 Å². The summed E-state index contributed by atoms with van der Waals surface area (Å²) in [5.41, 5.74) is 0.277. The average molecular weight is 225 g/mol. The Morgan fingerprint density at radius 1 is 1.25 bits per heavy atom. The summed E-state index contributed by atoms with van der Waals surface area (Å²) < 4.78 is 5.59. The molecule has 0 fully saturated rings. The molecule has 0 saturated heterocycles. The van der Waals surface area contributed by atoms with Crippen LogP contribution in [0.3, 0.4) is 0 Å². The maximum atomic E-state index is 5.59. The fraction of sp³-hybridized carbons (Fsp3) is 0.833. The molecule has 4 heteroatoms. The van der Waals surface area contributed by atoms with Crippen LogP contribution in [-0.2, 0) is 12.8 Å². The molecule has 16 heavy (non-hydrogen) atoms. The molecule has 1 rings (SSSR count). The van der Waals surface area contributed by atoms with E-state index in [4.69, 9.17) is 4.42 Å². The van der Waals surface area contributed by atoms with Gasteiger partial charge in [0.25, 0.3) is 0 Å². The van der Waals surface area contributed by atoms with Crippen LogP contribution in [0, 0.1) is 11.3 Å². The standard InChI is InChI=1S/C12H23N3O/c1-9(12(2,3)4)8-11-15-14-10(16-11)6-7-13-5/h9,13H,6-8H2,1-5H3. The van der Waals surface area contributed by atoms with E-state index in [-0.39, 0.29) is 5.41 Å². The zero-order valence-electron chi connectivity index (χ0n) is 11.0. The van der Waals surface area contributed by atoms with Gasteiger partial charge in [-0.25, -0.2) is 0 Å². The van der Waals surface area contributed by atoms with Crippen LogP contribution in [0.25, 0.3) is 0 Å². The highest BCUT2D eigenvalue weighted by molar-refractivity contribution is 4.86. The second kappa shape index (κ2) is 5.43. The third-order valence-corrected chi connectivity index (χ3v) is 3.06. The van der Waals surface area contributed by atoms with Gasteiger partial charge >= 0.3 is 0 Å². The Labute approximate surface area is 97.8 Å². The summed E-state index contributed by atoms with van der Waals surface area (Å²) in [4.78, 5) is 0. The summed E-state index contributed by atoms with van der Waals surface area (Å²) in [5, 5.41) is 11.2. The zero-order chi connectivity index (χ0) is 12.2. The molecule has 0 saturated carbocycles. The number of rotatable bonds is 5. The Balaban J connectivity index is 2.52. The molecule has 0 aromatic carbocycles. The quantitative estimate of drug-likeness (QED) is 0.833. The summed E-state index contributed by atoms with van der Waals surface area (Å²) in [6.07, 6.45) is 1.66. The van der Waals surface area contributed by atoms with E-state index < -0.39 is 0 Å². The van der Waals surface area contributed by atoms with Crippen molar-refractivity contribution >= 4 is 0 Å². The smallest absolute Gasteiger partial charge is 0.217 e. The third kappa shape index (κ3) is 3.93. The van der Waals surface area contributed by atoms with Crippen LogP contribution in [-0.4, -0.2) is 23.8 Å². The van der Waals surface area contributed by atoms with Gasteiger partial charge in [0.1, 0.15) is 0 Å². The van der Waals surface area contributed by atoms with Gasteiger partial charge in [0.15, 0.2) is 0 Å². The first-order valence-corrected chi connectivity index (χ1v) is 5.89. The van der Waals surface area contributed by atoms with Gasteiger partial charge in [0.05, 0.1) is 0 Å². The van der Waals surface area contributed by atoms with Crippen molar-refractivity contribution in [3.63, 3.8) is 0 Å². The number of nitrogens with zero attached hydrogens (tertiary/aromatic N) is 2. The lowest BCUT2D eigenvalue weighted by Crippen LogP contribution is -2.19. The molecule has 1 aromatic rings. The minimum atomic E-state index is 0.277. The largest absolute Gasteiger partial charge is 0.425 e. The van der Waals surface area contributed by atoms with Crippen molar-refractivity contribution in [1.29, 1.82) is 0 Å². The molecule has 1 N–H and O–H groups in total. The summed E-state index contributed by atoms with van der Waals surface area (Å²) >= 11 is 0. The van der Waals surface area contributed by atoms with E-state index in [0.29, 0.717) is 5.92 Å². The van der Waals surface area contributed by atoms with Crippen molar-refractivity contribution in [3.8, 4) is 0 Å². The molecule has 4 nitrogen and oxygen atoms in total. The molecule has 0 amide bonds. The number of hydrogen-bond donors (Lipinski definition) is 1. The second-order valence-corrected chi connectivity index (χ2v) is 5.41. The van der Waals surface area contributed by atoms with Gasteiger partial charge in [0.2, 0.25) is 11.8 Å². The highest BCUT2D eigenvalue weighted by Crippen LogP contribution is 2.27. The first kappa shape index (κ1) is 13.2. The van der Waals surface area contributed by atoms with Gasteiger partial charge in [-0.15, -0.1) is 10.2 Å². The van der Waals surface area contributed by atoms with Gasteiger partial charge in [-0.2, -0.15) is 0 Å².